The number of amides is 1. The van der Waals surface area contributed by atoms with Gasteiger partial charge in [0.25, 0.3) is 0 Å². The van der Waals surface area contributed by atoms with E-state index in [2.05, 4.69) is 9.97 Å². The van der Waals surface area contributed by atoms with Gasteiger partial charge in [-0.2, -0.15) is 0 Å². The Kier molecular flexibility index (Phi) is 3.90. The molecule has 0 aromatic carbocycles. The van der Waals surface area contributed by atoms with Crippen molar-refractivity contribution in [2.45, 2.75) is 25.7 Å². The van der Waals surface area contributed by atoms with Crippen LogP contribution in [-0.2, 0) is 11.2 Å². The number of carbonyl (C=O) groups excluding carboxylic acids is 1. The highest BCUT2D eigenvalue weighted by atomic mass is 16.5. The van der Waals surface area contributed by atoms with Crippen LogP contribution < -0.4 is 4.74 Å². The molecule has 1 amide bonds. The van der Waals surface area contributed by atoms with Crippen LogP contribution in [-0.4, -0.2) is 41.0 Å². The smallest absolute Gasteiger partial charge is 0.316 e. The van der Waals surface area contributed by atoms with E-state index in [1.54, 1.807) is 12.4 Å². The van der Waals surface area contributed by atoms with Gasteiger partial charge in [-0.25, -0.2) is 9.97 Å². The van der Waals surface area contributed by atoms with Crippen LogP contribution in [0.2, 0.25) is 0 Å². The third-order valence-electron chi connectivity index (χ3n) is 2.95. The number of aryl methyl sites for hydroxylation is 1. The molecule has 1 aromatic heterocycles. The first-order valence-electron chi connectivity index (χ1n) is 5.92. The lowest BCUT2D eigenvalue weighted by molar-refractivity contribution is -0.130. The molecule has 0 N–H and O–H groups in total. The molecule has 17 heavy (non-hydrogen) atoms. The number of carbonyl (C=O) groups is 1. The Bertz CT molecular complexity index is 372. The summed E-state index contributed by atoms with van der Waals surface area (Å²) in [6.45, 7) is 1.83. The summed E-state index contributed by atoms with van der Waals surface area (Å²) in [7, 11) is 1.53. The molecule has 0 saturated carbocycles. The molecule has 1 fully saturated rings. The molecule has 0 aliphatic carbocycles. The molecule has 5 heteroatoms. The lowest BCUT2D eigenvalue weighted by atomic mass is 10.2. The van der Waals surface area contributed by atoms with Crippen molar-refractivity contribution in [3.05, 3.63) is 18.0 Å². The minimum Gasteiger partial charge on any atom is -0.467 e. The van der Waals surface area contributed by atoms with Crippen molar-refractivity contribution >= 4 is 5.91 Å². The Balaban J connectivity index is 1.82. The van der Waals surface area contributed by atoms with E-state index in [1.165, 1.54) is 7.11 Å². The largest absolute Gasteiger partial charge is 0.467 e. The van der Waals surface area contributed by atoms with Crippen molar-refractivity contribution < 1.29 is 9.53 Å². The maximum atomic E-state index is 11.8. The molecule has 2 heterocycles. The molecule has 0 radical (unpaired) electrons. The van der Waals surface area contributed by atoms with Crippen molar-refractivity contribution in [2.75, 3.05) is 20.2 Å². The minimum atomic E-state index is 0.235. The monoisotopic (exact) mass is 235 g/mol. The standard InChI is InChI=1S/C12H17N3O2/c1-17-12-13-8-10(9-14-12)4-5-11(16)15-6-2-3-7-15/h8-9H,2-7H2,1H3. The zero-order chi connectivity index (χ0) is 12.1. The average molecular weight is 235 g/mol. The number of nitrogens with zero attached hydrogens (tertiary/aromatic N) is 3. The van der Waals surface area contributed by atoms with Gasteiger partial charge in [0.1, 0.15) is 0 Å². The van der Waals surface area contributed by atoms with E-state index in [0.717, 1.165) is 31.5 Å². The van der Waals surface area contributed by atoms with Gasteiger partial charge in [0.05, 0.1) is 7.11 Å². The van der Waals surface area contributed by atoms with Gasteiger partial charge in [0.15, 0.2) is 0 Å². The predicted molar refractivity (Wildman–Crippen MR) is 62.7 cm³/mol. The van der Waals surface area contributed by atoms with E-state index in [1.807, 2.05) is 4.90 Å². The normalized spacial score (nSPS) is 15.0. The molecule has 1 aliphatic rings. The van der Waals surface area contributed by atoms with E-state index >= 15 is 0 Å². The molecular weight excluding hydrogens is 218 g/mol. The Morgan fingerprint density at radius 3 is 2.59 bits per heavy atom. The molecule has 0 bridgehead atoms. The Hall–Kier alpha value is -1.65. The Labute approximate surface area is 101 Å². The summed E-state index contributed by atoms with van der Waals surface area (Å²) in [6.07, 6.45) is 6.93. The summed E-state index contributed by atoms with van der Waals surface area (Å²) >= 11 is 0. The summed E-state index contributed by atoms with van der Waals surface area (Å²) in [5.41, 5.74) is 0.971. The lowest BCUT2D eigenvalue weighted by Gasteiger charge is -2.14. The highest BCUT2D eigenvalue weighted by molar-refractivity contribution is 5.76. The Morgan fingerprint density at radius 2 is 2.00 bits per heavy atom. The number of hydrogen-bond acceptors (Lipinski definition) is 4. The van der Waals surface area contributed by atoms with Crippen molar-refractivity contribution in [3.63, 3.8) is 0 Å². The van der Waals surface area contributed by atoms with Gasteiger partial charge in [0, 0.05) is 31.9 Å². The lowest BCUT2D eigenvalue weighted by Crippen LogP contribution is -2.27. The summed E-state index contributed by atoms with van der Waals surface area (Å²) in [5, 5.41) is 0. The number of likely N-dealkylation sites (tertiary alicyclic amines) is 1. The zero-order valence-electron chi connectivity index (χ0n) is 10.1. The van der Waals surface area contributed by atoms with Crippen LogP contribution >= 0.6 is 0 Å². The fourth-order valence-electron chi connectivity index (χ4n) is 1.95. The first-order valence-corrected chi connectivity index (χ1v) is 5.92. The van der Waals surface area contributed by atoms with Crippen molar-refractivity contribution in [2.24, 2.45) is 0 Å². The minimum absolute atomic E-state index is 0.235. The number of hydrogen-bond donors (Lipinski definition) is 0. The maximum Gasteiger partial charge on any atom is 0.316 e. The van der Waals surface area contributed by atoms with E-state index in [9.17, 15) is 4.79 Å². The van der Waals surface area contributed by atoms with Crippen LogP contribution in [0.3, 0.4) is 0 Å². The summed E-state index contributed by atoms with van der Waals surface area (Å²) in [6, 6.07) is 0.361. The molecule has 0 atom stereocenters. The van der Waals surface area contributed by atoms with Crippen molar-refractivity contribution in [1.82, 2.24) is 14.9 Å². The number of ether oxygens (including phenoxy) is 1. The molecule has 0 unspecified atom stereocenters. The van der Waals surface area contributed by atoms with Gasteiger partial charge in [-0.1, -0.05) is 0 Å². The van der Waals surface area contributed by atoms with E-state index in [4.69, 9.17) is 4.74 Å². The fourth-order valence-corrected chi connectivity index (χ4v) is 1.95. The third-order valence-corrected chi connectivity index (χ3v) is 2.95. The number of aromatic nitrogens is 2. The highest BCUT2D eigenvalue weighted by Crippen LogP contribution is 2.11. The molecule has 92 valence electrons. The molecule has 0 spiro atoms. The topological polar surface area (TPSA) is 55.3 Å². The van der Waals surface area contributed by atoms with Gasteiger partial charge in [0.2, 0.25) is 5.91 Å². The molecule has 1 saturated heterocycles. The van der Waals surface area contributed by atoms with Crippen LogP contribution in [0.4, 0.5) is 0 Å². The average Bonchev–Trinajstić information content (AvgIpc) is 2.90. The second-order valence-corrected chi connectivity index (χ2v) is 4.17. The van der Waals surface area contributed by atoms with Crippen molar-refractivity contribution in [1.29, 1.82) is 0 Å². The SMILES string of the molecule is COc1ncc(CCC(=O)N2CCCC2)cn1. The first-order chi connectivity index (χ1) is 8.29. The first kappa shape index (κ1) is 11.8. The van der Waals surface area contributed by atoms with E-state index in [0.29, 0.717) is 18.9 Å². The van der Waals surface area contributed by atoms with Crippen LogP contribution in [0.15, 0.2) is 12.4 Å². The van der Waals surface area contributed by atoms with Gasteiger partial charge in [-0.3, -0.25) is 4.79 Å². The van der Waals surface area contributed by atoms with Gasteiger partial charge in [-0.15, -0.1) is 0 Å². The third kappa shape index (κ3) is 3.15. The van der Waals surface area contributed by atoms with Gasteiger partial charge >= 0.3 is 6.01 Å². The van der Waals surface area contributed by atoms with E-state index in [-0.39, 0.29) is 5.91 Å². The fraction of sp³-hybridized carbons (Fsp3) is 0.583. The highest BCUT2D eigenvalue weighted by Gasteiger charge is 2.17. The second-order valence-electron chi connectivity index (χ2n) is 4.17. The number of methoxy groups -OCH3 is 1. The molecular formula is C12H17N3O2. The molecule has 1 aliphatic heterocycles. The quantitative estimate of drug-likeness (QED) is 0.782. The van der Waals surface area contributed by atoms with Crippen LogP contribution in [0.1, 0.15) is 24.8 Å². The van der Waals surface area contributed by atoms with Crippen LogP contribution in [0.5, 0.6) is 6.01 Å². The van der Waals surface area contributed by atoms with Crippen LogP contribution in [0, 0.1) is 0 Å². The van der Waals surface area contributed by atoms with E-state index < -0.39 is 0 Å². The molecule has 1 aromatic rings. The number of rotatable bonds is 4. The maximum absolute atomic E-state index is 11.8. The summed E-state index contributed by atoms with van der Waals surface area (Å²) in [4.78, 5) is 21.8. The van der Waals surface area contributed by atoms with Crippen molar-refractivity contribution in [3.8, 4) is 6.01 Å². The van der Waals surface area contributed by atoms with Gasteiger partial charge in [-0.05, 0) is 24.8 Å². The Morgan fingerprint density at radius 1 is 1.35 bits per heavy atom. The second kappa shape index (κ2) is 5.61. The predicted octanol–water partition coefficient (Wildman–Crippen LogP) is 1.04. The molecule has 2 rings (SSSR count). The summed E-state index contributed by atoms with van der Waals surface area (Å²) < 4.78 is 4.88. The molecule has 5 nitrogen and oxygen atoms in total. The van der Waals surface area contributed by atoms with Gasteiger partial charge < -0.3 is 9.64 Å². The van der Waals surface area contributed by atoms with Crippen LogP contribution in [0.25, 0.3) is 0 Å². The summed E-state index contributed by atoms with van der Waals surface area (Å²) in [5.74, 6) is 0.235. The zero-order valence-corrected chi connectivity index (χ0v) is 10.1.